The lowest BCUT2D eigenvalue weighted by molar-refractivity contribution is 0.0683. The molecule has 30 heavy (non-hydrogen) atoms. The van der Waals surface area contributed by atoms with E-state index in [4.69, 9.17) is 4.74 Å². The van der Waals surface area contributed by atoms with Gasteiger partial charge in [0.25, 0.3) is 5.91 Å². The lowest BCUT2D eigenvalue weighted by atomic mass is 9.89. The number of hydrogen-bond donors (Lipinski definition) is 1. The fourth-order valence-corrected chi connectivity index (χ4v) is 4.75. The molecule has 1 saturated carbocycles. The average molecular weight is 408 g/mol. The predicted octanol–water partition coefficient (Wildman–Crippen LogP) is 3.55. The van der Waals surface area contributed by atoms with E-state index >= 15 is 0 Å². The summed E-state index contributed by atoms with van der Waals surface area (Å²) < 4.78 is 5.23. The largest absolute Gasteiger partial charge is 0.497 e. The number of hydrogen-bond acceptors (Lipinski definition) is 4. The van der Waals surface area contributed by atoms with E-state index in [2.05, 4.69) is 45.4 Å². The Morgan fingerprint density at radius 1 is 0.967 bits per heavy atom. The van der Waals surface area contributed by atoms with Crippen LogP contribution >= 0.6 is 0 Å². The molecule has 1 N–H and O–H groups in total. The molecule has 5 heteroatoms. The fraction of sp³-hybridized carbons (Fsp3) is 0.480. The highest BCUT2D eigenvalue weighted by Gasteiger charge is 2.29. The zero-order valence-electron chi connectivity index (χ0n) is 17.9. The van der Waals surface area contributed by atoms with E-state index in [9.17, 15) is 4.79 Å². The van der Waals surface area contributed by atoms with Crippen LogP contribution < -0.4 is 10.1 Å². The smallest absolute Gasteiger partial charge is 0.251 e. The molecular weight excluding hydrogens is 374 g/mol. The molecule has 2 fully saturated rings. The molecule has 0 atom stereocenters. The van der Waals surface area contributed by atoms with Gasteiger partial charge in [0.15, 0.2) is 0 Å². The minimum Gasteiger partial charge on any atom is -0.497 e. The first kappa shape index (κ1) is 20.9. The van der Waals surface area contributed by atoms with E-state index in [0.717, 1.165) is 51.3 Å². The van der Waals surface area contributed by atoms with Gasteiger partial charge in [-0.25, -0.2) is 0 Å². The highest BCUT2D eigenvalue weighted by molar-refractivity contribution is 5.94. The van der Waals surface area contributed by atoms with Crippen LogP contribution in [0.25, 0.3) is 0 Å². The van der Waals surface area contributed by atoms with Crippen LogP contribution in [-0.4, -0.2) is 61.1 Å². The van der Waals surface area contributed by atoms with Crippen LogP contribution in [0.1, 0.15) is 41.6 Å². The first-order valence-corrected chi connectivity index (χ1v) is 11.2. The SMILES string of the molecule is COc1cccc(C(=O)N[C@H]2CC[C@@H](N3CCN(Cc4ccccc4)CC3)CC2)c1. The molecule has 1 amide bonds. The molecule has 0 unspecified atom stereocenters. The fourth-order valence-electron chi connectivity index (χ4n) is 4.75. The maximum Gasteiger partial charge on any atom is 0.251 e. The first-order valence-electron chi connectivity index (χ1n) is 11.2. The lowest BCUT2D eigenvalue weighted by Gasteiger charge is -2.42. The van der Waals surface area contributed by atoms with Crippen LogP contribution in [-0.2, 0) is 6.54 Å². The zero-order chi connectivity index (χ0) is 20.8. The van der Waals surface area contributed by atoms with Crippen molar-refractivity contribution in [2.45, 2.75) is 44.3 Å². The van der Waals surface area contributed by atoms with Gasteiger partial charge in [-0.1, -0.05) is 36.4 Å². The Kier molecular flexibility index (Phi) is 7.03. The van der Waals surface area contributed by atoms with Gasteiger partial charge in [0.1, 0.15) is 5.75 Å². The Balaban J connectivity index is 1.20. The third kappa shape index (κ3) is 5.41. The summed E-state index contributed by atoms with van der Waals surface area (Å²) in [5, 5.41) is 3.22. The Morgan fingerprint density at radius 3 is 2.40 bits per heavy atom. The molecule has 2 aliphatic rings. The van der Waals surface area contributed by atoms with Crippen molar-refractivity contribution in [3.05, 3.63) is 65.7 Å². The van der Waals surface area contributed by atoms with Crippen molar-refractivity contribution in [3.63, 3.8) is 0 Å². The standard InChI is InChI=1S/C25H33N3O2/c1-30-24-9-5-8-21(18-24)25(29)26-22-10-12-23(13-11-22)28-16-14-27(15-17-28)19-20-6-3-2-4-7-20/h2-9,18,22-23H,10-17,19H2,1H3,(H,26,29)/t22-,23+. The van der Waals surface area contributed by atoms with E-state index < -0.39 is 0 Å². The number of amides is 1. The number of ether oxygens (including phenoxy) is 1. The Labute approximate surface area is 180 Å². The Morgan fingerprint density at radius 2 is 1.70 bits per heavy atom. The summed E-state index contributed by atoms with van der Waals surface area (Å²) in [6, 6.07) is 19.1. The van der Waals surface area contributed by atoms with E-state index in [0.29, 0.717) is 11.6 Å². The van der Waals surface area contributed by atoms with Gasteiger partial charge in [-0.05, 0) is 49.4 Å². The van der Waals surface area contributed by atoms with E-state index in [1.807, 2.05) is 18.2 Å². The summed E-state index contributed by atoms with van der Waals surface area (Å²) in [6.07, 6.45) is 4.46. The molecule has 2 aromatic carbocycles. The summed E-state index contributed by atoms with van der Waals surface area (Å²) in [6.45, 7) is 5.64. The second-order valence-electron chi connectivity index (χ2n) is 8.51. The molecule has 1 heterocycles. The van der Waals surface area contributed by atoms with Gasteiger partial charge in [-0.2, -0.15) is 0 Å². The van der Waals surface area contributed by atoms with Crippen molar-refractivity contribution in [3.8, 4) is 5.75 Å². The minimum atomic E-state index is 0.00637. The highest BCUT2D eigenvalue weighted by Crippen LogP contribution is 2.25. The summed E-state index contributed by atoms with van der Waals surface area (Å²) >= 11 is 0. The van der Waals surface area contributed by atoms with Crippen LogP contribution in [0.5, 0.6) is 5.75 Å². The third-order valence-electron chi connectivity index (χ3n) is 6.54. The lowest BCUT2D eigenvalue weighted by Crippen LogP contribution is -2.52. The van der Waals surface area contributed by atoms with Crippen molar-refractivity contribution < 1.29 is 9.53 Å². The molecule has 1 saturated heterocycles. The van der Waals surface area contributed by atoms with E-state index in [1.165, 1.54) is 18.4 Å². The molecule has 0 aromatic heterocycles. The number of nitrogens with zero attached hydrogens (tertiary/aromatic N) is 2. The number of carbonyl (C=O) groups excluding carboxylic acids is 1. The predicted molar refractivity (Wildman–Crippen MR) is 120 cm³/mol. The summed E-state index contributed by atoms with van der Waals surface area (Å²) in [5.41, 5.74) is 2.07. The Bertz CT molecular complexity index is 810. The molecule has 1 aliphatic heterocycles. The number of methoxy groups -OCH3 is 1. The van der Waals surface area contributed by atoms with Crippen molar-refractivity contribution in [1.29, 1.82) is 0 Å². The number of rotatable bonds is 6. The zero-order valence-corrected chi connectivity index (χ0v) is 17.9. The Hall–Kier alpha value is -2.37. The van der Waals surface area contributed by atoms with Gasteiger partial charge in [0, 0.05) is 50.4 Å². The molecule has 5 nitrogen and oxygen atoms in total. The average Bonchev–Trinajstić information content (AvgIpc) is 2.81. The van der Waals surface area contributed by atoms with Gasteiger partial charge in [-0.15, -0.1) is 0 Å². The molecule has 1 aliphatic carbocycles. The van der Waals surface area contributed by atoms with Gasteiger partial charge < -0.3 is 10.1 Å². The quantitative estimate of drug-likeness (QED) is 0.795. The molecule has 4 rings (SSSR count). The molecule has 0 spiro atoms. The van der Waals surface area contributed by atoms with Gasteiger partial charge >= 0.3 is 0 Å². The van der Waals surface area contributed by atoms with Crippen molar-refractivity contribution in [1.82, 2.24) is 15.1 Å². The van der Waals surface area contributed by atoms with E-state index in [-0.39, 0.29) is 11.9 Å². The highest BCUT2D eigenvalue weighted by atomic mass is 16.5. The normalized spacial score (nSPS) is 23.1. The minimum absolute atomic E-state index is 0.00637. The topological polar surface area (TPSA) is 44.8 Å². The maximum absolute atomic E-state index is 12.6. The maximum atomic E-state index is 12.6. The van der Waals surface area contributed by atoms with Crippen molar-refractivity contribution in [2.75, 3.05) is 33.3 Å². The summed E-state index contributed by atoms with van der Waals surface area (Å²) in [5.74, 6) is 0.727. The molecular formula is C25H33N3O2. The van der Waals surface area contributed by atoms with Crippen LogP contribution in [0.2, 0.25) is 0 Å². The van der Waals surface area contributed by atoms with Gasteiger partial charge in [-0.3, -0.25) is 14.6 Å². The van der Waals surface area contributed by atoms with Gasteiger partial charge in [0.05, 0.1) is 7.11 Å². The van der Waals surface area contributed by atoms with Crippen LogP contribution in [0.15, 0.2) is 54.6 Å². The van der Waals surface area contributed by atoms with Crippen molar-refractivity contribution >= 4 is 5.91 Å². The molecule has 0 radical (unpaired) electrons. The van der Waals surface area contributed by atoms with Crippen molar-refractivity contribution in [2.24, 2.45) is 0 Å². The summed E-state index contributed by atoms with van der Waals surface area (Å²) in [4.78, 5) is 17.8. The van der Waals surface area contributed by atoms with Crippen LogP contribution in [0, 0.1) is 0 Å². The monoisotopic (exact) mass is 407 g/mol. The number of piperazine rings is 1. The number of benzene rings is 2. The molecule has 0 bridgehead atoms. The first-order chi connectivity index (χ1) is 14.7. The third-order valence-corrected chi connectivity index (χ3v) is 6.54. The van der Waals surface area contributed by atoms with Crippen LogP contribution in [0.3, 0.4) is 0 Å². The summed E-state index contributed by atoms with van der Waals surface area (Å²) in [7, 11) is 1.62. The number of carbonyl (C=O) groups is 1. The second-order valence-corrected chi connectivity index (χ2v) is 8.51. The molecule has 2 aromatic rings. The van der Waals surface area contributed by atoms with E-state index in [1.54, 1.807) is 13.2 Å². The van der Waals surface area contributed by atoms with Gasteiger partial charge in [0.2, 0.25) is 0 Å². The second kappa shape index (κ2) is 10.1. The number of nitrogens with one attached hydrogen (secondary N) is 1. The molecule has 160 valence electrons. The van der Waals surface area contributed by atoms with Crippen LogP contribution in [0.4, 0.5) is 0 Å².